The molecule has 36 heavy (non-hydrogen) atoms. The fraction of sp³-hybridized carbons (Fsp3) is 0.0400. The number of nitrogens with one attached hydrogen (secondary N) is 1. The van der Waals surface area contributed by atoms with Crippen molar-refractivity contribution in [3.05, 3.63) is 105 Å². The van der Waals surface area contributed by atoms with Crippen LogP contribution in [0.1, 0.15) is 5.76 Å². The number of benzene rings is 3. The van der Waals surface area contributed by atoms with Crippen LogP contribution in [0.3, 0.4) is 0 Å². The number of carbonyl (C=O) groups excluding carboxylic acids is 1. The maximum absolute atomic E-state index is 13.3. The number of hydrogen-bond acceptors (Lipinski definition) is 5. The zero-order chi connectivity index (χ0) is 25.7. The van der Waals surface area contributed by atoms with Crippen molar-refractivity contribution in [2.45, 2.75) is 4.90 Å². The van der Waals surface area contributed by atoms with Gasteiger partial charge in [0.1, 0.15) is 18.1 Å². The summed E-state index contributed by atoms with van der Waals surface area (Å²) in [5.41, 5.74) is 3.32. The van der Waals surface area contributed by atoms with Crippen molar-refractivity contribution >= 4 is 67.0 Å². The largest absolute Gasteiger partial charge is 0.455 e. The number of rotatable bonds is 8. The van der Waals surface area contributed by atoms with Gasteiger partial charge in [-0.25, -0.2) is 13.8 Å². The van der Waals surface area contributed by atoms with Gasteiger partial charge in [0.05, 0.1) is 21.8 Å². The number of halogens is 3. The van der Waals surface area contributed by atoms with Crippen molar-refractivity contribution < 1.29 is 17.6 Å². The molecule has 0 aliphatic heterocycles. The lowest BCUT2D eigenvalue weighted by molar-refractivity contribution is -0.119. The molecule has 11 heteroatoms. The van der Waals surface area contributed by atoms with Crippen molar-refractivity contribution in [3.8, 4) is 11.3 Å². The normalized spacial score (nSPS) is 11.5. The fourth-order valence-corrected chi connectivity index (χ4v) is 5.58. The maximum atomic E-state index is 13.3. The van der Waals surface area contributed by atoms with Gasteiger partial charge in [-0.15, -0.1) is 0 Å². The zero-order valence-electron chi connectivity index (χ0n) is 18.4. The molecule has 0 atom stereocenters. The van der Waals surface area contributed by atoms with Crippen LogP contribution >= 0.6 is 39.1 Å². The standard InChI is InChI=1S/C25H18BrCl2N3O4S/c26-17-5-4-6-19(13-17)31(36(33,34)21-7-2-1-3-8-21)16-25(32)30-29-15-20-10-12-24(35-20)22-11-9-18(27)14-23(22)28/h1-15H,16H2,(H,30,32)/b29-15-. The zero-order valence-corrected chi connectivity index (χ0v) is 22.4. The van der Waals surface area contributed by atoms with Crippen LogP contribution in [-0.4, -0.2) is 27.1 Å². The Kier molecular flexibility index (Phi) is 8.15. The first kappa shape index (κ1) is 26.0. The SMILES string of the molecule is O=C(CN(c1cccc(Br)c1)S(=O)(=O)c1ccccc1)N/N=C\c1ccc(-c2ccc(Cl)cc2Cl)o1. The van der Waals surface area contributed by atoms with E-state index in [1.165, 1.54) is 18.3 Å². The summed E-state index contributed by atoms with van der Waals surface area (Å²) in [5.74, 6) is 0.217. The monoisotopic (exact) mass is 605 g/mol. The molecule has 1 amide bonds. The molecule has 0 fully saturated rings. The molecule has 7 nitrogen and oxygen atoms in total. The molecule has 0 spiro atoms. The third kappa shape index (κ3) is 6.17. The number of anilines is 1. The van der Waals surface area contributed by atoms with Crippen molar-refractivity contribution in [2.75, 3.05) is 10.8 Å². The van der Waals surface area contributed by atoms with Crippen LogP contribution in [0.25, 0.3) is 11.3 Å². The van der Waals surface area contributed by atoms with Gasteiger partial charge in [-0.05, 0) is 60.7 Å². The van der Waals surface area contributed by atoms with E-state index in [2.05, 4.69) is 26.5 Å². The molecule has 0 aliphatic rings. The van der Waals surface area contributed by atoms with Crippen molar-refractivity contribution in [1.29, 1.82) is 0 Å². The van der Waals surface area contributed by atoms with Gasteiger partial charge in [0.25, 0.3) is 15.9 Å². The third-order valence-corrected chi connectivity index (χ3v) is 7.75. The second-order valence-corrected chi connectivity index (χ2v) is 11.0. The van der Waals surface area contributed by atoms with Crippen molar-refractivity contribution in [1.82, 2.24) is 5.43 Å². The Morgan fingerprint density at radius 3 is 2.50 bits per heavy atom. The van der Waals surface area contributed by atoms with E-state index in [1.54, 1.807) is 72.8 Å². The average molecular weight is 607 g/mol. The molecule has 1 N–H and O–H groups in total. The highest BCUT2D eigenvalue weighted by atomic mass is 79.9. The predicted molar refractivity (Wildman–Crippen MR) is 145 cm³/mol. The summed E-state index contributed by atoms with van der Waals surface area (Å²) in [4.78, 5) is 12.7. The Labute approximate surface area is 226 Å². The summed E-state index contributed by atoms with van der Waals surface area (Å²) in [6, 6.07) is 22.9. The molecule has 4 rings (SSSR count). The highest BCUT2D eigenvalue weighted by molar-refractivity contribution is 9.10. The molecular formula is C25H18BrCl2N3O4S. The molecule has 0 bridgehead atoms. The van der Waals surface area contributed by atoms with E-state index >= 15 is 0 Å². The van der Waals surface area contributed by atoms with E-state index in [0.717, 1.165) is 4.31 Å². The molecule has 0 aliphatic carbocycles. The van der Waals surface area contributed by atoms with Crippen LogP contribution in [0, 0.1) is 0 Å². The van der Waals surface area contributed by atoms with E-state index in [1.807, 2.05) is 0 Å². The number of nitrogens with zero attached hydrogens (tertiary/aromatic N) is 2. The highest BCUT2D eigenvalue weighted by Gasteiger charge is 2.27. The number of furan rings is 1. The molecule has 1 aromatic heterocycles. The molecule has 184 valence electrons. The number of carbonyl (C=O) groups is 1. The van der Waals surface area contributed by atoms with Gasteiger partial charge in [0.2, 0.25) is 0 Å². The van der Waals surface area contributed by atoms with Crippen molar-refractivity contribution in [2.24, 2.45) is 5.10 Å². The first-order valence-electron chi connectivity index (χ1n) is 10.4. The molecule has 4 aromatic rings. The van der Waals surface area contributed by atoms with Crippen LogP contribution in [0.15, 0.2) is 104 Å². The number of hydrazone groups is 1. The second-order valence-electron chi connectivity index (χ2n) is 7.42. The van der Waals surface area contributed by atoms with Gasteiger partial charge >= 0.3 is 0 Å². The van der Waals surface area contributed by atoms with Gasteiger partial charge in [-0.1, -0.05) is 63.4 Å². The van der Waals surface area contributed by atoms with Gasteiger partial charge < -0.3 is 4.42 Å². The molecule has 0 saturated heterocycles. The van der Waals surface area contributed by atoms with Crippen LogP contribution < -0.4 is 9.73 Å². The molecular weight excluding hydrogens is 589 g/mol. The van der Waals surface area contributed by atoms with E-state index in [0.29, 0.717) is 37.3 Å². The molecule has 3 aromatic carbocycles. The molecule has 0 unspecified atom stereocenters. The number of hydrogen-bond donors (Lipinski definition) is 1. The van der Waals surface area contributed by atoms with E-state index in [9.17, 15) is 13.2 Å². The lowest BCUT2D eigenvalue weighted by atomic mass is 10.2. The number of sulfonamides is 1. The molecule has 0 saturated carbocycles. The topological polar surface area (TPSA) is 92.0 Å². The van der Waals surface area contributed by atoms with E-state index in [4.69, 9.17) is 27.6 Å². The van der Waals surface area contributed by atoms with Gasteiger partial charge in [-0.3, -0.25) is 9.10 Å². The van der Waals surface area contributed by atoms with Crippen LogP contribution in [-0.2, 0) is 14.8 Å². The first-order valence-corrected chi connectivity index (χ1v) is 13.4. The molecule has 0 radical (unpaired) electrons. The van der Waals surface area contributed by atoms with E-state index in [-0.39, 0.29) is 4.90 Å². The van der Waals surface area contributed by atoms with E-state index < -0.39 is 22.5 Å². The van der Waals surface area contributed by atoms with Crippen molar-refractivity contribution in [3.63, 3.8) is 0 Å². The smallest absolute Gasteiger partial charge is 0.264 e. The Balaban J connectivity index is 1.50. The quantitative estimate of drug-likeness (QED) is 0.187. The lowest BCUT2D eigenvalue weighted by Gasteiger charge is -2.23. The summed E-state index contributed by atoms with van der Waals surface area (Å²) < 4.78 is 34.0. The van der Waals surface area contributed by atoms with Crippen LogP contribution in [0.4, 0.5) is 5.69 Å². The first-order chi connectivity index (χ1) is 17.2. The van der Waals surface area contributed by atoms with Crippen LogP contribution in [0.2, 0.25) is 10.0 Å². The minimum absolute atomic E-state index is 0.0604. The highest BCUT2D eigenvalue weighted by Crippen LogP contribution is 2.31. The van der Waals surface area contributed by atoms with Crippen LogP contribution in [0.5, 0.6) is 0 Å². The fourth-order valence-electron chi connectivity index (χ4n) is 3.26. The summed E-state index contributed by atoms with van der Waals surface area (Å²) in [6.45, 7) is -0.491. The second kappa shape index (κ2) is 11.3. The predicted octanol–water partition coefficient (Wildman–Crippen LogP) is 6.36. The third-order valence-electron chi connectivity index (χ3n) is 4.92. The van der Waals surface area contributed by atoms with Gasteiger partial charge in [0, 0.05) is 15.1 Å². The summed E-state index contributed by atoms with van der Waals surface area (Å²) in [7, 11) is -4.02. The maximum Gasteiger partial charge on any atom is 0.264 e. The minimum atomic E-state index is -4.02. The minimum Gasteiger partial charge on any atom is -0.455 e. The Bertz CT molecular complexity index is 1530. The molecule has 1 heterocycles. The van der Waals surface area contributed by atoms with Gasteiger partial charge in [-0.2, -0.15) is 5.10 Å². The lowest BCUT2D eigenvalue weighted by Crippen LogP contribution is -2.39. The Morgan fingerprint density at radius 2 is 1.78 bits per heavy atom. The number of amides is 1. The Hall–Kier alpha value is -3.11. The van der Waals surface area contributed by atoms with Gasteiger partial charge in [0.15, 0.2) is 0 Å². The summed E-state index contributed by atoms with van der Waals surface area (Å²) in [6.07, 6.45) is 1.31. The summed E-state index contributed by atoms with van der Waals surface area (Å²) >= 11 is 15.5. The summed E-state index contributed by atoms with van der Waals surface area (Å²) in [5, 5.41) is 4.84. The average Bonchev–Trinajstić information content (AvgIpc) is 3.31. The Morgan fingerprint density at radius 1 is 1.00 bits per heavy atom.